The van der Waals surface area contributed by atoms with Crippen LogP contribution in [0.15, 0.2) is 36.5 Å². The Bertz CT molecular complexity index is 725. The Kier molecular flexibility index (Phi) is 4.27. The van der Waals surface area contributed by atoms with E-state index in [1.54, 1.807) is 21.8 Å². The molecule has 0 fully saturated rings. The van der Waals surface area contributed by atoms with Gasteiger partial charge in [0.15, 0.2) is 0 Å². The van der Waals surface area contributed by atoms with Gasteiger partial charge in [-0.2, -0.15) is 5.10 Å². The molecule has 1 aromatic carbocycles. The van der Waals surface area contributed by atoms with Gasteiger partial charge >= 0.3 is 6.03 Å². The normalized spacial score (nSPS) is 13.3. The van der Waals surface area contributed by atoms with Crippen LogP contribution in [-0.4, -0.2) is 34.8 Å². The minimum absolute atomic E-state index is 0.0527. The lowest BCUT2D eigenvalue weighted by Crippen LogP contribution is -2.44. The summed E-state index contributed by atoms with van der Waals surface area (Å²) in [6.45, 7) is 3.36. The van der Waals surface area contributed by atoms with Gasteiger partial charge in [-0.25, -0.2) is 9.48 Å². The standard InChI is InChI=1S/C16H19N5O2/c1-12-4-2-5-13(10-12)19-16(23)17-11-15(22)20-8-3-9-21-14(20)6-7-18-21/h2,4-7,10H,3,8-9,11H2,1H3,(H2,17,19,23). The summed E-state index contributed by atoms with van der Waals surface area (Å²) >= 11 is 0. The highest BCUT2D eigenvalue weighted by atomic mass is 16.2. The fraction of sp³-hybridized carbons (Fsp3) is 0.312. The first kappa shape index (κ1) is 15.1. The van der Waals surface area contributed by atoms with Crippen LogP contribution < -0.4 is 15.5 Å². The van der Waals surface area contributed by atoms with Crippen LogP contribution in [0.1, 0.15) is 12.0 Å². The lowest BCUT2D eigenvalue weighted by Gasteiger charge is -2.27. The molecule has 3 amide bonds. The lowest BCUT2D eigenvalue weighted by atomic mass is 10.2. The van der Waals surface area contributed by atoms with Gasteiger partial charge in [0.2, 0.25) is 5.91 Å². The molecule has 7 heteroatoms. The molecule has 0 spiro atoms. The number of aryl methyl sites for hydroxylation is 2. The van der Waals surface area contributed by atoms with Crippen molar-refractivity contribution in [2.24, 2.45) is 0 Å². The summed E-state index contributed by atoms with van der Waals surface area (Å²) in [6.07, 6.45) is 2.54. The van der Waals surface area contributed by atoms with Crippen molar-refractivity contribution in [1.82, 2.24) is 15.1 Å². The molecule has 23 heavy (non-hydrogen) atoms. The minimum atomic E-state index is -0.394. The Hall–Kier alpha value is -2.83. The fourth-order valence-electron chi connectivity index (χ4n) is 2.62. The van der Waals surface area contributed by atoms with Gasteiger partial charge in [0.1, 0.15) is 5.82 Å². The molecular formula is C16H19N5O2. The third-order valence-corrected chi connectivity index (χ3v) is 3.70. The van der Waals surface area contributed by atoms with Crippen LogP contribution in [0.2, 0.25) is 0 Å². The van der Waals surface area contributed by atoms with Crippen molar-refractivity contribution in [3.05, 3.63) is 42.1 Å². The highest BCUT2D eigenvalue weighted by Gasteiger charge is 2.23. The van der Waals surface area contributed by atoms with E-state index < -0.39 is 6.03 Å². The Morgan fingerprint density at radius 2 is 2.13 bits per heavy atom. The second kappa shape index (κ2) is 6.51. The third-order valence-electron chi connectivity index (χ3n) is 3.70. The summed E-state index contributed by atoms with van der Waals surface area (Å²) in [6, 6.07) is 8.90. The van der Waals surface area contributed by atoms with Crippen molar-refractivity contribution < 1.29 is 9.59 Å². The molecule has 1 aliphatic heterocycles. The number of urea groups is 1. The SMILES string of the molecule is Cc1cccc(NC(=O)NCC(=O)N2CCCn3nccc32)c1. The molecular weight excluding hydrogens is 294 g/mol. The van der Waals surface area contributed by atoms with E-state index in [-0.39, 0.29) is 12.5 Å². The van der Waals surface area contributed by atoms with Gasteiger partial charge < -0.3 is 10.6 Å². The second-order valence-electron chi connectivity index (χ2n) is 5.49. The summed E-state index contributed by atoms with van der Waals surface area (Å²) in [4.78, 5) is 25.9. The topological polar surface area (TPSA) is 79.3 Å². The summed E-state index contributed by atoms with van der Waals surface area (Å²) in [5.74, 6) is 0.632. The number of carbonyl (C=O) groups is 2. The number of rotatable bonds is 3. The first-order chi connectivity index (χ1) is 11.1. The summed E-state index contributed by atoms with van der Waals surface area (Å²) < 4.78 is 1.80. The number of benzene rings is 1. The molecule has 1 aromatic heterocycles. The highest BCUT2D eigenvalue weighted by molar-refractivity contribution is 5.98. The molecule has 3 rings (SSSR count). The number of anilines is 2. The molecule has 1 aliphatic rings. The third kappa shape index (κ3) is 3.50. The van der Waals surface area contributed by atoms with E-state index in [9.17, 15) is 9.59 Å². The lowest BCUT2D eigenvalue weighted by molar-refractivity contribution is -0.117. The molecule has 120 valence electrons. The van der Waals surface area contributed by atoms with Crippen LogP contribution in [-0.2, 0) is 11.3 Å². The molecule has 0 unspecified atom stereocenters. The van der Waals surface area contributed by atoms with Gasteiger partial charge in [-0.15, -0.1) is 0 Å². The Labute approximate surface area is 134 Å². The van der Waals surface area contributed by atoms with Gasteiger partial charge in [0, 0.05) is 24.8 Å². The predicted octanol–water partition coefficient (Wildman–Crippen LogP) is 1.75. The van der Waals surface area contributed by atoms with Crippen LogP contribution in [0, 0.1) is 6.92 Å². The molecule has 2 N–H and O–H groups in total. The molecule has 0 bridgehead atoms. The van der Waals surface area contributed by atoms with E-state index in [0.29, 0.717) is 12.2 Å². The summed E-state index contributed by atoms with van der Waals surface area (Å²) in [5, 5.41) is 9.49. The van der Waals surface area contributed by atoms with Gasteiger partial charge in [-0.1, -0.05) is 12.1 Å². The number of hydrogen-bond acceptors (Lipinski definition) is 3. The molecule has 0 aliphatic carbocycles. The zero-order valence-corrected chi connectivity index (χ0v) is 13.0. The zero-order valence-electron chi connectivity index (χ0n) is 13.0. The van der Waals surface area contributed by atoms with Crippen molar-refractivity contribution >= 4 is 23.4 Å². The largest absolute Gasteiger partial charge is 0.329 e. The maximum Gasteiger partial charge on any atom is 0.319 e. The average Bonchev–Trinajstić information content (AvgIpc) is 3.01. The quantitative estimate of drug-likeness (QED) is 0.906. The van der Waals surface area contributed by atoms with Crippen molar-refractivity contribution in [3.8, 4) is 0 Å². The number of aromatic nitrogens is 2. The fourth-order valence-corrected chi connectivity index (χ4v) is 2.62. The maximum atomic E-state index is 12.3. The Morgan fingerprint density at radius 1 is 1.26 bits per heavy atom. The van der Waals surface area contributed by atoms with Gasteiger partial charge in [0.05, 0.1) is 12.7 Å². The van der Waals surface area contributed by atoms with E-state index in [4.69, 9.17) is 0 Å². The van der Waals surface area contributed by atoms with E-state index in [1.807, 2.05) is 31.2 Å². The molecule has 0 radical (unpaired) electrons. The van der Waals surface area contributed by atoms with E-state index in [0.717, 1.165) is 24.3 Å². The van der Waals surface area contributed by atoms with Gasteiger partial charge in [0.25, 0.3) is 0 Å². The van der Waals surface area contributed by atoms with Crippen molar-refractivity contribution in [1.29, 1.82) is 0 Å². The number of nitrogens with one attached hydrogen (secondary N) is 2. The highest BCUT2D eigenvalue weighted by Crippen LogP contribution is 2.19. The molecule has 2 aromatic rings. The number of amides is 3. The van der Waals surface area contributed by atoms with Crippen LogP contribution >= 0.6 is 0 Å². The molecule has 0 saturated heterocycles. The van der Waals surface area contributed by atoms with Crippen molar-refractivity contribution in [2.75, 3.05) is 23.3 Å². The predicted molar refractivity (Wildman–Crippen MR) is 87.4 cm³/mol. The first-order valence-corrected chi connectivity index (χ1v) is 7.57. The van der Waals surface area contributed by atoms with Crippen LogP contribution in [0.5, 0.6) is 0 Å². The molecule has 0 atom stereocenters. The van der Waals surface area contributed by atoms with E-state index in [2.05, 4.69) is 15.7 Å². The molecule has 0 saturated carbocycles. The monoisotopic (exact) mass is 313 g/mol. The van der Waals surface area contributed by atoms with Crippen LogP contribution in [0.4, 0.5) is 16.3 Å². The number of hydrogen-bond donors (Lipinski definition) is 2. The number of carbonyl (C=O) groups excluding carboxylic acids is 2. The number of fused-ring (bicyclic) bond motifs is 1. The smallest absolute Gasteiger partial charge is 0.319 e. The maximum absolute atomic E-state index is 12.3. The van der Waals surface area contributed by atoms with Gasteiger partial charge in [-0.3, -0.25) is 9.69 Å². The molecule has 2 heterocycles. The minimum Gasteiger partial charge on any atom is -0.329 e. The summed E-state index contributed by atoms with van der Waals surface area (Å²) in [7, 11) is 0. The van der Waals surface area contributed by atoms with E-state index >= 15 is 0 Å². The first-order valence-electron chi connectivity index (χ1n) is 7.57. The summed E-state index contributed by atoms with van der Waals surface area (Å²) in [5.41, 5.74) is 1.76. The number of nitrogens with zero attached hydrogens (tertiary/aromatic N) is 3. The van der Waals surface area contributed by atoms with E-state index in [1.165, 1.54) is 0 Å². The molecule has 7 nitrogen and oxygen atoms in total. The Morgan fingerprint density at radius 3 is 2.96 bits per heavy atom. The van der Waals surface area contributed by atoms with Gasteiger partial charge in [-0.05, 0) is 31.0 Å². The van der Waals surface area contributed by atoms with Crippen LogP contribution in [0.25, 0.3) is 0 Å². The van der Waals surface area contributed by atoms with Crippen molar-refractivity contribution in [3.63, 3.8) is 0 Å². The Balaban J connectivity index is 1.54. The van der Waals surface area contributed by atoms with Crippen molar-refractivity contribution in [2.45, 2.75) is 19.9 Å². The van der Waals surface area contributed by atoms with Crippen LogP contribution in [0.3, 0.4) is 0 Å². The average molecular weight is 313 g/mol. The second-order valence-corrected chi connectivity index (χ2v) is 5.49. The zero-order chi connectivity index (χ0) is 16.2.